The Morgan fingerprint density at radius 1 is 1.39 bits per heavy atom. The number of nitrogens with one attached hydrogen (secondary N) is 1. The number of rotatable bonds is 3. The van der Waals surface area contributed by atoms with Gasteiger partial charge in [-0.15, -0.1) is 0 Å². The van der Waals surface area contributed by atoms with Crippen LogP contribution in [-0.2, 0) is 9.59 Å². The number of nitrogens with zero attached hydrogens (tertiary/aromatic N) is 1. The Morgan fingerprint density at radius 3 is 2.61 bits per heavy atom. The lowest BCUT2D eigenvalue weighted by molar-refractivity contribution is -0.156. The summed E-state index contributed by atoms with van der Waals surface area (Å²) in [7, 11) is 0. The average molecular weight is 254 g/mol. The smallest absolute Gasteiger partial charge is 0.327 e. The molecule has 0 aromatic carbocycles. The zero-order valence-corrected chi connectivity index (χ0v) is 10.9. The van der Waals surface area contributed by atoms with E-state index >= 15 is 0 Å². The van der Waals surface area contributed by atoms with Crippen molar-refractivity contribution in [1.82, 2.24) is 10.2 Å². The van der Waals surface area contributed by atoms with Gasteiger partial charge in [0, 0.05) is 25.0 Å². The van der Waals surface area contributed by atoms with Gasteiger partial charge in [-0.3, -0.25) is 4.79 Å². The van der Waals surface area contributed by atoms with Crippen LogP contribution in [0, 0.1) is 5.41 Å². The maximum Gasteiger partial charge on any atom is 0.327 e. The van der Waals surface area contributed by atoms with E-state index < -0.39 is 12.0 Å². The van der Waals surface area contributed by atoms with Gasteiger partial charge < -0.3 is 15.3 Å². The molecule has 2 fully saturated rings. The van der Waals surface area contributed by atoms with E-state index in [0.29, 0.717) is 19.6 Å². The third-order valence-electron chi connectivity index (χ3n) is 4.48. The molecule has 18 heavy (non-hydrogen) atoms. The third-order valence-corrected chi connectivity index (χ3v) is 4.48. The van der Waals surface area contributed by atoms with Crippen molar-refractivity contribution in [3.8, 4) is 0 Å². The van der Waals surface area contributed by atoms with Gasteiger partial charge in [0.15, 0.2) is 0 Å². The molecule has 1 atom stereocenters. The van der Waals surface area contributed by atoms with Crippen LogP contribution in [0.15, 0.2) is 0 Å². The third kappa shape index (κ3) is 2.23. The topological polar surface area (TPSA) is 69.6 Å². The molecular weight excluding hydrogens is 232 g/mol. The molecule has 0 bridgehead atoms. The summed E-state index contributed by atoms with van der Waals surface area (Å²) in [4.78, 5) is 25.5. The van der Waals surface area contributed by atoms with Crippen molar-refractivity contribution in [1.29, 1.82) is 0 Å². The van der Waals surface area contributed by atoms with E-state index in [9.17, 15) is 14.7 Å². The molecule has 1 saturated carbocycles. The highest BCUT2D eigenvalue weighted by Gasteiger charge is 2.45. The van der Waals surface area contributed by atoms with Crippen LogP contribution in [0.25, 0.3) is 0 Å². The first-order chi connectivity index (χ1) is 8.60. The van der Waals surface area contributed by atoms with Crippen LogP contribution in [-0.4, -0.2) is 47.6 Å². The molecule has 0 aromatic rings. The predicted molar refractivity (Wildman–Crippen MR) is 67.2 cm³/mol. The molecule has 1 aliphatic carbocycles. The largest absolute Gasteiger partial charge is 0.480 e. The minimum Gasteiger partial charge on any atom is -0.480 e. The fourth-order valence-electron chi connectivity index (χ4n) is 3.24. The SMILES string of the molecule is CCC1(C(=O)N2CCNCC2C(=O)O)CCCC1. The highest BCUT2D eigenvalue weighted by Crippen LogP contribution is 2.42. The first-order valence-corrected chi connectivity index (χ1v) is 6.85. The van der Waals surface area contributed by atoms with E-state index in [0.717, 1.165) is 32.1 Å². The van der Waals surface area contributed by atoms with Crippen LogP contribution in [0.2, 0.25) is 0 Å². The minimum atomic E-state index is -0.903. The van der Waals surface area contributed by atoms with Gasteiger partial charge in [-0.25, -0.2) is 4.79 Å². The Kier molecular flexibility index (Phi) is 3.90. The molecule has 2 N–H and O–H groups in total. The zero-order chi connectivity index (χ0) is 13.2. The summed E-state index contributed by atoms with van der Waals surface area (Å²) in [5.41, 5.74) is -0.287. The van der Waals surface area contributed by atoms with Gasteiger partial charge in [0.2, 0.25) is 5.91 Å². The molecule has 1 amide bonds. The van der Waals surface area contributed by atoms with E-state index in [-0.39, 0.29) is 11.3 Å². The van der Waals surface area contributed by atoms with Crippen LogP contribution in [0.4, 0.5) is 0 Å². The molecule has 1 aliphatic heterocycles. The highest BCUT2D eigenvalue weighted by molar-refractivity contribution is 5.88. The van der Waals surface area contributed by atoms with E-state index in [1.54, 1.807) is 4.90 Å². The number of hydrogen-bond donors (Lipinski definition) is 2. The maximum atomic E-state index is 12.7. The molecule has 1 saturated heterocycles. The van der Waals surface area contributed by atoms with Crippen molar-refractivity contribution >= 4 is 11.9 Å². The number of hydrogen-bond acceptors (Lipinski definition) is 3. The van der Waals surface area contributed by atoms with Crippen LogP contribution in [0.5, 0.6) is 0 Å². The number of carbonyl (C=O) groups is 2. The predicted octanol–water partition coefficient (Wildman–Crippen LogP) is 0.842. The van der Waals surface area contributed by atoms with E-state index in [1.807, 2.05) is 6.92 Å². The van der Waals surface area contributed by atoms with Crippen molar-refractivity contribution in [3.63, 3.8) is 0 Å². The molecule has 0 radical (unpaired) electrons. The molecule has 2 aliphatic rings. The average Bonchev–Trinajstić information content (AvgIpc) is 2.87. The van der Waals surface area contributed by atoms with Gasteiger partial charge >= 0.3 is 5.97 Å². The van der Waals surface area contributed by atoms with Crippen molar-refractivity contribution in [2.24, 2.45) is 5.41 Å². The van der Waals surface area contributed by atoms with E-state index in [1.165, 1.54) is 0 Å². The normalized spacial score (nSPS) is 27.2. The Balaban J connectivity index is 2.17. The second kappa shape index (κ2) is 5.26. The lowest BCUT2D eigenvalue weighted by atomic mass is 9.81. The van der Waals surface area contributed by atoms with E-state index in [2.05, 4.69) is 5.32 Å². The Morgan fingerprint density at radius 2 is 2.06 bits per heavy atom. The van der Waals surface area contributed by atoms with Crippen molar-refractivity contribution in [2.45, 2.75) is 45.1 Å². The second-order valence-corrected chi connectivity index (χ2v) is 5.40. The number of amides is 1. The second-order valence-electron chi connectivity index (χ2n) is 5.40. The number of carboxylic acids is 1. The number of piperazine rings is 1. The summed E-state index contributed by atoms with van der Waals surface area (Å²) in [6, 6.07) is -0.699. The number of carboxylic acid groups (broad SMARTS) is 1. The fourth-order valence-corrected chi connectivity index (χ4v) is 3.24. The summed E-state index contributed by atoms with van der Waals surface area (Å²) in [5, 5.41) is 12.3. The minimum absolute atomic E-state index is 0.0661. The van der Waals surface area contributed by atoms with Gasteiger partial charge in [0.25, 0.3) is 0 Å². The molecule has 2 rings (SSSR count). The molecule has 102 valence electrons. The molecule has 0 spiro atoms. The Hall–Kier alpha value is -1.10. The number of carbonyl (C=O) groups excluding carboxylic acids is 1. The standard InChI is InChI=1S/C13H22N2O3/c1-2-13(5-3-4-6-13)12(18)15-8-7-14-9-10(15)11(16)17/h10,14H,2-9H2,1H3,(H,16,17). The maximum absolute atomic E-state index is 12.7. The van der Waals surface area contributed by atoms with Crippen molar-refractivity contribution in [3.05, 3.63) is 0 Å². The summed E-state index contributed by atoms with van der Waals surface area (Å²) >= 11 is 0. The lowest BCUT2D eigenvalue weighted by Crippen LogP contribution is -2.59. The monoisotopic (exact) mass is 254 g/mol. The molecule has 1 heterocycles. The fraction of sp³-hybridized carbons (Fsp3) is 0.846. The molecule has 0 aromatic heterocycles. The lowest BCUT2D eigenvalue weighted by Gasteiger charge is -2.39. The summed E-state index contributed by atoms with van der Waals surface area (Å²) in [6.45, 7) is 3.61. The van der Waals surface area contributed by atoms with Crippen LogP contribution < -0.4 is 5.32 Å². The summed E-state index contributed by atoms with van der Waals surface area (Å²) < 4.78 is 0. The zero-order valence-electron chi connectivity index (χ0n) is 10.9. The van der Waals surface area contributed by atoms with E-state index in [4.69, 9.17) is 0 Å². The summed E-state index contributed by atoms with van der Waals surface area (Å²) in [5.74, 6) is -0.837. The van der Waals surface area contributed by atoms with Gasteiger partial charge in [0.05, 0.1) is 0 Å². The van der Waals surface area contributed by atoms with Gasteiger partial charge in [0.1, 0.15) is 6.04 Å². The number of aliphatic carboxylic acids is 1. The summed E-state index contributed by atoms with van der Waals surface area (Å²) in [6.07, 6.45) is 4.83. The molecule has 5 heteroatoms. The highest BCUT2D eigenvalue weighted by atomic mass is 16.4. The van der Waals surface area contributed by atoms with Gasteiger partial charge in [-0.2, -0.15) is 0 Å². The van der Waals surface area contributed by atoms with Crippen molar-refractivity contribution < 1.29 is 14.7 Å². The van der Waals surface area contributed by atoms with Crippen LogP contribution >= 0.6 is 0 Å². The van der Waals surface area contributed by atoms with Crippen LogP contribution in [0.3, 0.4) is 0 Å². The Labute approximate surface area is 108 Å². The first kappa shape index (κ1) is 13.3. The Bertz CT molecular complexity index is 337. The van der Waals surface area contributed by atoms with Gasteiger partial charge in [-0.1, -0.05) is 19.8 Å². The molecule has 1 unspecified atom stereocenters. The van der Waals surface area contributed by atoms with Crippen LogP contribution in [0.1, 0.15) is 39.0 Å². The quantitative estimate of drug-likeness (QED) is 0.783. The molecular formula is C13H22N2O3. The first-order valence-electron chi connectivity index (χ1n) is 6.85. The van der Waals surface area contributed by atoms with Gasteiger partial charge in [-0.05, 0) is 19.3 Å². The molecule has 5 nitrogen and oxygen atoms in total. The van der Waals surface area contributed by atoms with Crippen molar-refractivity contribution in [2.75, 3.05) is 19.6 Å².